The van der Waals surface area contributed by atoms with Crippen LogP contribution in [0.5, 0.6) is 0 Å². The molecule has 0 aliphatic carbocycles. The lowest BCUT2D eigenvalue weighted by Crippen LogP contribution is -2.39. The summed E-state index contributed by atoms with van der Waals surface area (Å²) in [5.74, 6) is 1.89. The third-order valence-electron chi connectivity index (χ3n) is 3.74. The zero-order chi connectivity index (χ0) is 14.5. The first kappa shape index (κ1) is 16.8. The molecule has 2 N–H and O–H groups in total. The SMILES string of the molecule is CN=C(NCc1ncc(-c2ccccc2)[nH]1)N1CCCC1.I. The second-order valence-electron chi connectivity index (χ2n) is 5.20. The summed E-state index contributed by atoms with van der Waals surface area (Å²) >= 11 is 0. The van der Waals surface area contributed by atoms with Gasteiger partial charge in [-0.3, -0.25) is 4.99 Å². The normalized spacial score (nSPS) is 14.8. The van der Waals surface area contributed by atoms with E-state index < -0.39 is 0 Å². The number of guanidine groups is 1. The van der Waals surface area contributed by atoms with Gasteiger partial charge in [-0.05, 0) is 18.4 Å². The first-order valence-corrected chi connectivity index (χ1v) is 7.42. The molecule has 0 amide bonds. The van der Waals surface area contributed by atoms with Crippen molar-refractivity contribution in [3.05, 3.63) is 42.4 Å². The molecule has 1 aromatic heterocycles. The predicted molar refractivity (Wildman–Crippen MR) is 100 cm³/mol. The fourth-order valence-electron chi connectivity index (χ4n) is 2.64. The zero-order valence-electron chi connectivity index (χ0n) is 12.7. The number of imidazole rings is 1. The van der Waals surface area contributed by atoms with E-state index in [-0.39, 0.29) is 24.0 Å². The maximum absolute atomic E-state index is 4.43. The van der Waals surface area contributed by atoms with Crippen LogP contribution in [0.15, 0.2) is 41.5 Å². The molecule has 0 spiro atoms. The van der Waals surface area contributed by atoms with Crippen molar-refractivity contribution in [3.63, 3.8) is 0 Å². The molecule has 22 heavy (non-hydrogen) atoms. The van der Waals surface area contributed by atoms with Gasteiger partial charge >= 0.3 is 0 Å². The topological polar surface area (TPSA) is 56.3 Å². The lowest BCUT2D eigenvalue weighted by molar-refractivity contribution is 0.492. The maximum atomic E-state index is 4.43. The number of aromatic nitrogens is 2. The standard InChI is InChI=1S/C16H21N5.HI/c1-17-16(21-9-5-6-10-21)19-12-15-18-11-14(20-15)13-7-3-2-4-8-13;/h2-4,7-8,11H,5-6,9-10,12H2,1H3,(H,17,19)(H,18,20);1H. The number of hydrogen-bond donors (Lipinski definition) is 2. The number of halogens is 1. The van der Waals surface area contributed by atoms with Crippen LogP contribution in [-0.2, 0) is 6.54 Å². The van der Waals surface area contributed by atoms with Crippen molar-refractivity contribution in [2.24, 2.45) is 4.99 Å². The highest BCUT2D eigenvalue weighted by Crippen LogP contribution is 2.16. The summed E-state index contributed by atoms with van der Waals surface area (Å²) in [6.07, 6.45) is 4.38. The van der Waals surface area contributed by atoms with E-state index in [1.165, 1.54) is 12.8 Å². The van der Waals surface area contributed by atoms with E-state index in [0.717, 1.165) is 36.1 Å². The summed E-state index contributed by atoms with van der Waals surface area (Å²) in [4.78, 5) is 14.4. The summed E-state index contributed by atoms with van der Waals surface area (Å²) in [6, 6.07) is 10.2. The Bertz CT molecular complexity index is 602. The van der Waals surface area contributed by atoms with Crippen molar-refractivity contribution in [2.45, 2.75) is 19.4 Å². The van der Waals surface area contributed by atoms with Crippen molar-refractivity contribution in [1.82, 2.24) is 20.2 Å². The molecule has 1 aromatic carbocycles. The maximum Gasteiger partial charge on any atom is 0.194 e. The first-order valence-electron chi connectivity index (χ1n) is 7.42. The molecule has 0 bridgehead atoms. The van der Waals surface area contributed by atoms with E-state index in [1.54, 1.807) is 0 Å². The molecule has 1 aliphatic rings. The Morgan fingerprint density at radius 1 is 1.27 bits per heavy atom. The predicted octanol–water partition coefficient (Wildman–Crippen LogP) is 2.87. The van der Waals surface area contributed by atoms with Crippen molar-refractivity contribution >= 4 is 29.9 Å². The summed E-state index contributed by atoms with van der Waals surface area (Å²) in [6.45, 7) is 2.84. The summed E-state index contributed by atoms with van der Waals surface area (Å²) in [5, 5.41) is 3.37. The average Bonchev–Trinajstić information content (AvgIpc) is 3.20. The van der Waals surface area contributed by atoms with Gasteiger partial charge in [0.25, 0.3) is 0 Å². The van der Waals surface area contributed by atoms with Crippen LogP contribution in [-0.4, -0.2) is 41.0 Å². The van der Waals surface area contributed by atoms with Crippen LogP contribution >= 0.6 is 24.0 Å². The zero-order valence-corrected chi connectivity index (χ0v) is 15.1. The fraction of sp³-hybridized carbons (Fsp3) is 0.375. The van der Waals surface area contributed by atoms with Gasteiger partial charge < -0.3 is 15.2 Å². The highest BCUT2D eigenvalue weighted by Gasteiger charge is 2.15. The third kappa shape index (κ3) is 4.00. The number of likely N-dealkylation sites (tertiary alicyclic amines) is 1. The molecular weight excluding hydrogens is 389 g/mol. The molecule has 3 rings (SSSR count). The number of aromatic amines is 1. The van der Waals surface area contributed by atoms with Gasteiger partial charge in [-0.2, -0.15) is 0 Å². The Labute approximate surface area is 148 Å². The van der Waals surface area contributed by atoms with Crippen molar-refractivity contribution < 1.29 is 0 Å². The van der Waals surface area contributed by atoms with Gasteiger partial charge in [-0.15, -0.1) is 24.0 Å². The molecule has 118 valence electrons. The van der Waals surface area contributed by atoms with Crippen LogP contribution in [0.2, 0.25) is 0 Å². The highest BCUT2D eigenvalue weighted by atomic mass is 127. The quantitative estimate of drug-likeness (QED) is 0.464. The van der Waals surface area contributed by atoms with Crippen LogP contribution < -0.4 is 5.32 Å². The Kier molecular flexibility index (Phi) is 6.23. The largest absolute Gasteiger partial charge is 0.349 e. The Balaban J connectivity index is 0.00000176. The van der Waals surface area contributed by atoms with Gasteiger partial charge in [0.15, 0.2) is 5.96 Å². The molecule has 1 saturated heterocycles. The van der Waals surface area contributed by atoms with Gasteiger partial charge in [0.1, 0.15) is 5.82 Å². The summed E-state index contributed by atoms with van der Waals surface area (Å²) in [7, 11) is 1.83. The number of aliphatic imine (C=N–C) groups is 1. The van der Waals surface area contributed by atoms with Crippen LogP contribution in [0.1, 0.15) is 18.7 Å². The number of nitrogens with one attached hydrogen (secondary N) is 2. The molecule has 0 radical (unpaired) electrons. The highest BCUT2D eigenvalue weighted by molar-refractivity contribution is 14.0. The monoisotopic (exact) mass is 411 g/mol. The molecular formula is C16H22IN5. The van der Waals surface area contributed by atoms with E-state index in [9.17, 15) is 0 Å². The Morgan fingerprint density at radius 2 is 2.00 bits per heavy atom. The minimum Gasteiger partial charge on any atom is -0.349 e. The second kappa shape index (κ2) is 8.17. The molecule has 0 saturated carbocycles. The molecule has 1 aliphatic heterocycles. The van der Waals surface area contributed by atoms with Gasteiger partial charge in [0.05, 0.1) is 18.4 Å². The van der Waals surface area contributed by atoms with Gasteiger partial charge in [-0.1, -0.05) is 30.3 Å². The average molecular weight is 411 g/mol. The first-order chi connectivity index (χ1) is 10.4. The van der Waals surface area contributed by atoms with E-state index in [2.05, 4.69) is 37.3 Å². The van der Waals surface area contributed by atoms with Gasteiger partial charge in [0.2, 0.25) is 0 Å². The molecule has 5 nitrogen and oxygen atoms in total. The van der Waals surface area contributed by atoms with E-state index >= 15 is 0 Å². The number of nitrogens with zero attached hydrogens (tertiary/aromatic N) is 3. The van der Waals surface area contributed by atoms with Crippen molar-refractivity contribution in [1.29, 1.82) is 0 Å². The van der Waals surface area contributed by atoms with Gasteiger partial charge in [0, 0.05) is 20.1 Å². The third-order valence-corrected chi connectivity index (χ3v) is 3.74. The minimum atomic E-state index is 0. The molecule has 6 heteroatoms. The van der Waals surface area contributed by atoms with Crippen molar-refractivity contribution in [2.75, 3.05) is 20.1 Å². The lowest BCUT2D eigenvalue weighted by atomic mass is 10.2. The van der Waals surface area contributed by atoms with Crippen LogP contribution in [0.4, 0.5) is 0 Å². The summed E-state index contributed by atoms with van der Waals surface area (Å²) < 4.78 is 0. The molecule has 2 heterocycles. The second-order valence-corrected chi connectivity index (χ2v) is 5.20. The van der Waals surface area contributed by atoms with E-state index in [1.807, 2.05) is 31.4 Å². The van der Waals surface area contributed by atoms with E-state index in [0.29, 0.717) is 6.54 Å². The fourth-order valence-corrected chi connectivity index (χ4v) is 2.64. The molecule has 0 unspecified atom stereocenters. The Morgan fingerprint density at radius 3 is 2.68 bits per heavy atom. The number of hydrogen-bond acceptors (Lipinski definition) is 2. The lowest BCUT2D eigenvalue weighted by Gasteiger charge is -2.20. The van der Waals surface area contributed by atoms with Crippen LogP contribution in [0.3, 0.4) is 0 Å². The number of benzene rings is 1. The van der Waals surface area contributed by atoms with Crippen LogP contribution in [0, 0.1) is 0 Å². The molecule has 1 fully saturated rings. The molecule has 2 aromatic rings. The van der Waals surface area contributed by atoms with Crippen molar-refractivity contribution in [3.8, 4) is 11.3 Å². The smallest absolute Gasteiger partial charge is 0.194 e. The molecule has 0 atom stereocenters. The Hall–Kier alpha value is -1.57. The number of H-pyrrole nitrogens is 1. The van der Waals surface area contributed by atoms with Gasteiger partial charge in [-0.25, -0.2) is 4.98 Å². The van der Waals surface area contributed by atoms with Crippen LogP contribution in [0.25, 0.3) is 11.3 Å². The minimum absolute atomic E-state index is 0. The van der Waals surface area contributed by atoms with E-state index in [4.69, 9.17) is 0 Å². The number of rotatable bonds is 3. The summed E-state index contributed by atoms with van der Waals surface area (Å²) in [5.41, 5.74) is 2.20.